The number of rotatable bonds is 17. The Morgan fingerprint density at radius 1 is 0.407 bits per heavy atom. The van der Waals surface area contributed by atoms with E-state index in [9.17, 15) is 4.39 Å². The van der Waals surface area contributed by atoms with Gasteiger partial charge in [0.2, 0.25) is 5.88 Å². The number of pyridine rings is 1. The fourth-order valence-corrected chi connectivity index (χ4v) is 20.3. The zero-order chi connectivity index (χ0) is 99.2. The van der Waals surface area contributed by atoms with Gasteiger partial charge in [0.15, 0.2) is 0 Å². The van der Waals surface area contributed by atoms with Crippen molar-refractivity contribution in [2.75, 3.05) is 0 Å². The minimum atomic E-state index is -0.315. The Labute approximate surface area is 833 Å². The van der Waals surface area contributed by atoms with Gasteiger partial charge in [-0.1, -0.05) is 81.4 Å². The molecule has 7 aliphatic rings. The molecule has 0 radical (unpaired) electrons. The van der Waals surface area contributed by atoms with E-state index in [1.807, 2.05) is 120 Å². The van der Waals surface area contributed by atoms with E-state index in [1.54, 1.807) is 24.5 Å². The number of fused-ring (bicyclic) bond motifs is 7. The van der Waals surface area contributed by atoms with Crippen molar-refractivity contribution in [3.8, 4) is 101 Å². The van der Waals surface area contributed by atoms with Crippen LogP contribution in [0.1, 0.15) is 223 Å². The summed E-state index contributed by atoms with van der Waals surface area (Å²) in [5.74, 6) is 12.5. The summed E-state index contributed by atoms with van der Waals surface area (Å²) < 4.78 is 48.8. The maximum absolute atomic E-state index is 13.5. The molecule has 5 saturated carbocycles. The third-order valence-electron chi connectivity index (χ3n) is 28.1. The van der Waals surface area contributed by atoms with E-state index in [1.165, 1.54) is 87.2 Å². The number of hydrogen-bond donors (Lipinski definition) is 8. The molecule has 5 aliphatic carbocycles. The van der Waals surface area contributed by atoms with E-state index in [4.69, 9.17) is 52.3 Å². The topological polar surface area (TPSA) is 366 Å². The van der Waals surface area contributed by atoms with Crippen LogP contribution in [-0.2, 0) is 0 Å². The quantitative estimate of drug-likeness (QED) is 0.0420. The first-order chi connectivity index (χ1) is 70.2. The maximum atomic E-state index is 13.5. The summed E-state index contributed by atoms with van der Waals surface area (Å²) >= 11 is 0. The van der Waals surface area contributed by atoms with Crippen LogP contribution < -0.4 is 15.5 Å². The monoisotopic (exact) mass is 1920 g/mol. The first kappa shape index (κ1) is 90.6. The Morgan fingerprint density at radius 2 is 0.821 bits per heavy atom. The number of para-hydroxylation sites is 1. The zero-order valence-corrected chi connectivity index (χ0v) is 82.9. The average molecular weight is 1920 g/mol. The number of imidazole rings is 5. The van der Waals surface area contributed by atoms with Gasteiger partial charge in [0.05, 0.1) is 107 Å². The molecule has 0 unspecified atom stereocenters. The van der Waals surface area contributed by atoms with Gasteiger partial charge in [-0.3, -0.25) is 10.5 Å². The molecule has 145 heavy (non-hydrogen) atoms. The van der Waals surface area contributed by atoms with Crippen LogP contribution in [0.4, 0.5) is 4.39 Å². The second kappa shape index (κ2) is 35.9. The fraction of sp³-hybridized carbons (Fsp3) is 0.250. The van der Waals surface area contributed by atoms with Crippen molar-refractivity contribution in [3.05, 3.63) is 322 Å². The molecule has 0 saturated heterocycles. The van der Waals surface area contributed by atoms with Crippen LogP contribution in [0.25, 0.3) is 172 Å². The molecule has 28 rings (SSSR count). The van der Waals surface area contributed by atoms with Gasteiger partial charge in [-0.15, -0.1) is 0 Å². The van der Waals surface area contributed by atoms with Gasteiger partial charge in [-0.25, -0.2) is 34.3 Å². The Hall–Kier alpha value is -17.0. The molecule has 15 heterocycles. The highest BCUT2D eigenvalue weighted by Gasteiger charge is 2.36. The maximum Gasteiger partial charge on any atom is 0.214 e. The number of halogens is 1. The third kappa shape index (κ3) is 17.6. The minimum Gasteiger partial charge on any atom is -0.472 e. The largest absolute Gasteiger partial charge is 0.472 e. The van der Waals surface area contributed by atoms with Crippen molar-refractivity contribution in [1.82, 2.24) is 106 Å². The Balaban J connectivity index is 0.0000000974. The second-order valence-electron chi connectivity index (χ2n) is 40.3. The van der Waals surface area contributed by atoms with E-state index in [-0.39, 0.29) is 11.4 Å². The van der Waals surface area contributed by atoms with Crippen LogP contribution >= 0.6 is 0 Å². The molecule has 13 aromatic heterocycles. The predicted molar refractivity (Wildman–Crippen MR) is 562 cm³/mol. The lowest BCUT2D eigenvalue weighted by atomic mass is 9.92. The fourth-order valence-electron chi connectivity index (χ4n) is 20.3. The number of benzene rings is 8. The lowest BCUT2D eigenvalue weighted by molar-refractivity contribution is 0.124. The van der Waals surface area contributed by atoms with Gasteiger partial charge in [0.25, 0.3) is 0 Å². The number of H-pyrrole nitrogens is 6. The van der Waals surface area contributed by atoms with Crippen LogP contribution in [0.5, 0.6) is 5.88 Å². The first-order valence-corrected chi connectivity index (χ1v) is 49.6. The number of nitrogens with one attached hydrogen (secondary N) is 8. The van der Waals surface area contributed by atoms with Crippen LogP contribution in [0.15, 0.2) is 235 Å². The van der Waals surface area contributed by atoms with Crippen LogP contribution in [0.2, 0.25) is 0 Å². The van der Waals surface area contributed by atoms with Crippen molar-refractivity contribution >= 4 is 83.1 Å². The number of hydrazone groups is 1. The summed E-state index contributed by atoms with van der Waals surface area (Å²) in [5, 5.41) is 37.1. The van der Waals surface area contributed by atoms with Gasteiger partial charge in [-0.05, 0) is 314 Å². The lowest BCUT2D eigenvalue weighted by Gasteiger charge is -2.20. The van der Waals surface area contributed by atoms with E-state index < -0.39 is 0 Å². The summed E-state index contributed by atoms with van der Waals surface area (Å²) in [6.45, 7) is 33.8. The van der Waals surface area contributed by atoms with Crippen molar-refractivity contribution in [3.63, 3.8) is 0 Å². The van der Waals surface area contributed by atoms with Gasteiger partial charge in [0.1, 0.15) is 80.6 Å². The number of ether oxygens (including phenoxy) is 1. The molecule has 0 spiro atoms. The molecular formula is C116H107FN22O6. The van der Waals surface area contributed by atoms with E-state index in [0.717, 1.165) is 281 Å². The number of nitrogens with zero attached hydrogens (tertiary/aromatic N) is 14. The normalized spacial score (nSPS) is 15.0. The van der Waals surface area contributed by atoms with Crippen molar-refractivity contribution in [2.45, 2.75) is 189 Å². The molecule has 2 aliphatic heterocycles. The summed E-state index contributed by atoms with van der Waals surface area (Å²) in [6.07, 6.45) is 23.7. The summed E-state index contributed by atoms with van der Waals surface area (Å²) in [6, 6.07) is 50.8. The highest BCUT2D eigenvalue weighted by Crippen LogP contribution is 2.50. The first-order valence-electron chi connectivity index (χ1n) is 49.6. The molecule has 0 bridgehead atoms. The molecule has 8 N–H and O–H groups in total. The number of aromatic amines is 6. The number of dihydropyridines is 1. The molecule has 0 atom stereocenters. The highest BCUT2D eigenvalue weighted by molar-refractivity contribution is 6.22. The number of aryl methyl sites for hydroxylation is 10. The SMILES string of the molecule is C=C1C=C(c2cc(-c3c(C)noc3C)cc3[nH]c(C4CC4)nc23)C=CN1.C=C1NN=C(c2cc(-c3c(C)noc3C)cc3[nH]c(C4CC4)nc23)c2ccccc21.Cc1noc(C)c1-c1cc(-c2ccnc(OC(C)(C)C)c2)c2nc(C3CC3)[nH]c2c1.Cc1noc(C)c1-c1cc(-c2cn[nH]c2-c2ccc(F)cc2)c2nc(C3CC3)[nH]c2c1.Cc1noc(C)c1-c1cc(-n2ccc3ccccc32)c2nc(C3CC3)[nH]c2c1. The standard InChI is InChI=1S/C24H20FN5O.C24H21N5O.C24H26N4O2.C23H20N4O.C21H20N4O/c1-12-21(13(2)31-30-12)16-9-18(23-20(10-16)27-24(28-23)15-3-4-15)19-11-26-29-22(19)14-5-7-17(25)8-6-14;1-12-17-6-4-5-7-18(17)22(28-27-12)19-10-16(21-13(2)29-30-14(21)3)11-20-23(19)26-24(25-20)15-8-9-15;1-13-21(14(2)30-28-13)17-10-18(16-8-9-25-20(12-16)29-24(3,4)5)22-19(11-17)26-23(27-22)15-6-7-15;1-13-21(14(2)28-26-13)17-11-18-22(25-23(24-18)16-7-8-16)20(12-17)27-10-9-15-5-3-4-6-19(15)27;1-11-8-15(6-7-22-11)17-9-16(19-12(2)25-26-13(19)3)10-18-20(17)24-21(23-18)14-4-5-14/h5-11,15H,3-4H2,1-2H3,(H,26,29)(H,27,28);4-7,10-11,15,27H,1,8-9H2,2-3H3,(H,25,26);8-12,15H,6-7H2,1-5H3,(H,26,27);3-6,9-12,16H,7-8H2,1-2H3,(H,24,25);6-10,14,22H,1,4-5H2,2-3H3,(H,23,24). The van der Waals surface area contributed by atoms with Gasteiger partial charge < -0.3 is 62.2 Å². The van der Waals surface area contributed by atoms with Gasteiger partial charge in [0, 0.05) is 132 Å². The molecule has 29 heteroatoms. The van der Waals surface area contributed by atoms with E-state index in [0.29, 0.717) is 35.5 Å². The lowest BCUT2D eigenvalue weighted by Crippen LogP contribution is -2.23. The van der Waals surface area contributed by atoms with Crippen LogP contribution in [0, 0.1) is 75.1 Å². The average Bonchev–Trinajstić information content (AvgIpc) is 1.61. The van der Waals surface area contributed by atoms with Crippen LogP contribution in [0.3, 0.4) is 0 Å². The number of allylic oxidation sites excluding steroid dienone is 3. The van der Waals surface area contributed by atoms with E-state index >= 15 is 0 Å². The number of aromatic nitrogens is 19. The Bertz CT molecular complexity index is 8750. The molecule has 21 aromatic rings. The molecule has 0 amide bonds. The Morgan fingerprint density at radius 3 is 1.28 bits per heavy atom. The number of hydrogen-bond acceptors (Lipinski definition) is 21. The van der Waals surface area contributed by atoms with Crippen molar-refractivity contribution in [1.29, 1.82) is 0 Å². The van der Waals surface area contributed by atoms with Crippen molar-refractivity contribution in [2.24, 2.45) is 5.10 Å². The molecular weight excluding hydrogens is 1820 g/mol. The summed E-state index contributed by atoms with van der Waals surface area (Å²) in [7, 11) is 0. The van der Waals surface area contributed by atoms with Gasteiger partial charge in [-0.2, -0.15) is 10.2 Å². The second-order valence-corrected chi connectivity index (χ2v) is 40.3. The highest BCUT2D eigenvalue weighted by atomic mass is 19.1. The van der Waals surface area contributed by atoms with Gasteiger partial charge >= 0.3 is 0 Å². The third-order valence-corrected chi connectivity index (χ3v) is 28.1. The summed E-state index contributed by atoms with van der Waals surface area (Å²) in [4.78, 5) is 47.0. The predicted octanol–water partition coefficient (Wildman–Crippen LogP) is 27.3. The minimum absolute atomic E-state index is 0.269. The van der Waals surface area contributed by atoms with E-state index in [2.05, 4.69) is 221 Å². The smallest absolute Gasteiger partial charge is 0.214 e. The Kier molecular flexibility index (Phi) is 22.4. The molecule has 5 fully saturated rings. The molecule has 8 aromatic carbocycles. The molecule has 724 valence electrons. The van der Waals surface area contributed by atoms with Crippen molar-refractivity contribution < 1.29 is 31.7 Å². The zero-order valence-electron chi connectivity index (χ0n) is 82.9. The molecule has 28 nitrogen and oxygen atoms in total. The van der Waals surface area contributed by atoms with Crippen LogP contribution in [-0.4, -0.2) is 107 Å². The summed E-state index contributed by atoms with van der Waals surface area (Å²) in [5.41, 5.74) is 43.3.